The minimum Gasteiger partial charge on any atom is -0.272 e. The molecule has 0 bridgehead atoms. The van der Waals surface area contributed by atoms with Gasteiger partial charge in [-0.05, 0) is 69.1 Å². The van der Waals surface area contributed by atoms with Crippen molar-refractivity contribution >= 4 is 29.6 Å². The second-order valence-corrected chi connectivity index (χ2v) is 12.3. The molecule has 2 N–H and O–H groups in total. The van der Waals surface area contributed by atoms with Crippen LogP contribution < -0.4 is 19.2 Å². The van der Waals surface area contributed by atoms with Crippen LogP contribution in [0.15, 0.2) is 121 Å². The molecule has 2 atom stereocenters. The van der Waals surface area contributed by atoms with Crippen molar-refractivity contribution in [2.75, 3.05) is 0 Å². The lowest BCUT2D eigenvalue weighted by Crippen LogP contribution is -2.45. The highest BCUT2D eigenvalue weighted by atomic mass is 31.2. The zero-order valence-corrected chi connectivity index (χ0v) is 22.6. The molecular weight excluding hydrogens is 537 g/mol. The van der Waals surface area contributed by atoms with Crippen molar-refractivity contribution in [2.45, 2.75) is 12.1 Å². The molecule has 7 heteroatoms. The van der Waals surface area contributed by atoms with Gasteiger partial charge in [-0.2, -0.15) is 0 Å². The van der Waals surface area contributed by atoms with Gasteiger partial charge in [-0.25, -0.2) is 8.78 Å². The van der Waals surface area contributed by atoms with Crippen molar-refractivity contribution < 1.29 is 17.8 Å². The number of benzene rings is 6. The highest BCUT2D eigenvalue weighted by Gasteiger charge is 2.58. The third-order valence-corrected chi connectivity index (χ3v) is 10.0. The van der Waals surface area contributed by atoms with Crippen LogP contribution in [0.25, 0.3) is 21.5 Å². The van der Waals surface area contributed by atoms with Gasteiger partial charge in [-0.15, -0.1) is 0 Å². The summed E-state index contributed by atoms with van der Waals surface area (Å²) in [5, 5.41) is 11.7. The number of nitrogens with one attached hydrogen (secondary N) is 2. The summed E-state index contributed by atoms with van der Waals surface area (Å²) in [6.45, 7) is 0. The Labute approximate surface area is 236 Å². The molecule has 0 aromatic heterocycles. The summed E-state index contributed by atoms with van der Waals surface area (Å²) in [4.78, 5) is 0. The average Bonchev–Trinajstić information content (AvgIpc) is 3.00. The average molecular weight is 562 g/mol. The van der Waals surface area contributed by atoms with Crippen molar-refractivity contribution in [3.05, 3.63) is 155 Å². The van der Waals surface area contributed by atoms with Gasteiger partial charge in [0.05, 0.1) is 0 Å². The minimum atomic E-state index is -3.06. The number of fused-ring (bicyclic) bond motifs is 6. The summed E-state index contributed by atoms with van der Waals surface area (Å²) >= 11 is 0. The molecule has 0 amide bonds. The van der Waals surface area contributed by atoms with Crippen LogP contribution in [0.4, 0.5) is 8.78 Å². The zero-order chi connectivity index (χ0) is 27.6. The molecule has 8 rings (SSSR count). The zero-order valence-electron chi connectivity index (χ0n) is 21.7. The first kappa shape index (κ1) is 24.4. The lowest BCUT2D eigenvalue weighted by molar-refractivity contribution is 0.373. The number of hydrogen-bond acceptors (Lipinski definition) is 4. The van der Waals surface area contributed by atoms with E-state index in [0.29, 0.717) is 11.5 Å². The number of hydrogen-bond donors (Lipinski definition) is 2. The van der Waals surface area contributed by atoms with Gasteiger partial charge in [0, 0.05) is 11.1 Å². The van der Waals surface area contributed by atoms with Crippen LogP contribution in [0.2, 0.25) is 0 Å². The smallest absolute Gasteiger partial charge is 0.272 e. The summed E-state index contributed by atoms with van der Waals surface area (Å²) in [6.07, 6.45) is 0. The predicted octanol–water partition coefficient (Wildman–Crippen LogP) is 8.79. The van der Waals surface area contributed by atoms with Gasteiger partial charge in [-0.1, -0.05) is 95.1 Å². The van der Waals surface area contributed by atoms with Crippen molar-refractivity contribution in [3.8, 4) is 11.5 Å². The van der Waals surface area contributed by atoms with E-state index >= 15 is 0 Å². The Morgan fingerprint density at radius 1 is 0.488 bits per heavy atom. The first-order valence-corrected chi connectivity index (χ1v) is 15.1. The van der Waals surface area contributed by atoms with Crippen LogP contribution in [-0.4, -0.2) is 0 Å². The fraction of sp³-hybridized carbons (Fsp3) is 0.0588. The molecule has 200 valence electrons. The Balaban J connectivity index is 1.34. The Kier molecular flexibility index (Phi) is 5.58. The fourth-order valence-corrected chi connectivity index (χ4v) is 8.44. The maximum absolute atomic E-state index is 14.0. The molecular formula is C34H24F2N2O2P+. The molecule has 6 aromatic carbocycles. The maximum Gasteiger partial charge on any atom is 0.520 e. The molecule has 2 aliphatic rings. The molecule has 2 unspecified atom stereocenters. The molecule has 1 spiro atoms. The van der Waals surface area contributed by atoms with Crippen molar-refractivity contribution in [3.63, 3.8) is 0 Å². The van der Waals surface area contributed by atoms with E-state index in [-0.39, 0.29) is 23.7 Å². The quantitative estimate of drug-likeness (QED) is 0.207. The normalized spacial score (nSPS) is 21.2. The van der Waals surface area contributed by atoms with E-state index in [0.717, 1.165) is 43.8 Å². The van der Waals surface area contributed by atoms with E-state index in [1.54, 1.807) is 24.3 Å². The van der Waals surface area contributed by atoms with E-state index < -0.39 is 8.02 Å². The third-order valence-electron chi connectivity index (χ3n) is 7.90. The van der Waals surface area contributed by atoms with Crippen LogP contribution >= 0.6 is 8.02 Å². The van der Waals surface area contributed by atoms with Crippen molar-refractivity contribution in [1.29, 1.82) is 0 Å². The van der Waals surface area contributed by atoms with E-state index in [1.807, 2.05) is 48.5 Å². The summed E-state index contributed by atoms with van der Waals surface area (Å²) in [5.41, 5.74) is 3.71. The van der Waals surface area contributed by atoms with Crippen molar-refractivity contribution in [2.24, 2.45) is 0 Å². The Bertz CT molecular complexity index is 1800. The second-order valence-electron chi connectivity index (χ2n) is 10.4. The van der Waals surface area contributed by atoms with Gasteiger partial charge < -0.3 is 0 Å². The van der Waals surface area contributed by atoms with E-state index in [1.165, 1.54) is 24.3 Å². The SMILES string of the molecule is Fc1ccc(C2N[P+]3(NC(c4ccc(F)cc4)c4c(ccc5ccccc45)O3)Oc3ccc4ccccc4c32)cc1. The van der Waals surface area contributed by atoms with Gasteiger partial charge in [0.25, 0.3) is 0 Å². The molecule has 6 aromatic rings. The van der Waals surface area contributed by atoms with E-state index in [2.05, 4.69) is 34.4 Å². The Hall–Kier alpha value is -4.35. The standard InChI is InChI=1S/C34H24F2N2O2P/c35-25-15-9-23(10-16-25)33-31-27-7-3-1-5-21(27)13-19-29(31)39-41(37-33)38-34(24-11-17-26(36)18-12-24)32-28-8-4-2-6-22(28)14-20-30(32)40-41/h1-20,33-34,37-38H/q+1. The van der Waals surface area contributed by atoms with Gasteiger partial charge in [0.15, 0.2) is 11.5 Å². The van der Waals surface area contributed by atoms with E-state index in [4.69, 9.17) is 9.05 Å². The fourth-order valence-electron chi connectivity index (χ4n) is 6.01. The third kappa shape index (κ3) is 4.07. The molecule has 0 saturated heterocycles. The Morgan fingerprint density at radius 2 is 0.902 bits per heavy atom. The summed E-state index contributed by atoms with van der Waals surface area (Å²) in [6, 6.07) is 36.7. The Morgan fingerprint density at radius 3 is 1.34 bits per heavy atom. The summed E-state index contributed by atoms with van der Waals surface area (Å²) < 4.78 is 41.6. The molecule has 0 radical (unpaired) electrons. The largest absolute Gasteiger partial charge is 0.520 e. The van der Waals surface area contributed by atoms with Crippen LogP contribution in [0.1, 0.15) is 34.3 Å². The van der Waals surface area contributed by atoms with Crippen LogP contribution in [0.3, 0.4) is 0 Å². The maximum atomic E-state index is 14.0. The van der Waals surface area contributed by atoms with Crippen molar-refractivity contribution in [1.82, 2.24) is 10.2 Å². The molecule has 0 aliphatic carbocycles. The van der Waals surface area contributed by atoms with Gasteiger partial charge in [0.2, 0.25) is 0 Å². The summed E-state index contributed by atoms with van der Waals surface area (Å²) in [7, 11) is -3.06. The van der Waals surface area contributed by atoms with Crippen LogP contribution in [-0.2, 0) is 0 Å². The van der Waals surface area contributed by atoms with Gasteiger partial charge in [-0.3, -0.25) is 9.05 Å². The highest BCUT2D eigenvalue weighted by Crippen LogP contribution is 2.65. The highest BCUT2D eigenvalue weighted by molar-refractivity contribution is 7.63. The lowest BCUT2D eigenvalue weighted by atomic mass is 9.93. The predicted molar refractivity (Wildman–Crippen MR) is 159 cm³/mol. The minimum absolute atomic E-state index is 0.298. The topological polar surface area (TPSA) is 42.5 Å². The molecule has 2 aliphatic heterocycles. The molecule has 2 heterocycles. The number of halogens is 2. The lowest BCUT2D eigenvalue weighted by Gasteiger charge is -2.39. The first-order chi connectivity index (χ1) is 20.1. The van der Waals surface area contributed by atoms with Gasteiger partial charge >= 0.3 is 8.02 Å². The molecule has 0 saturated carbocycles. The molecule has 4 nitrogen and oxygen atoms in total. The second kappa shape index (κ2) is 9.35. The molecule has 41 heavy (non-hydrogen) atoms. The van der Waals surface area contributed by atoms with Crippen LogP contribution in [0, 0.1) is 11.6 Å². The molecule has 0 fully saturated rings. The summed E-state index contributed by atoms with van der Waals surface area (Å²) in [5.74, 6) is 0.791. The first-order valence-electron chi connectivity index (χ1n) is 13.4. The van der Waals surface area contributed by atoms with Crippen LogP contribution in [0.5, 0.6) is 11.5 Å². The van der Waals surface area contributed by atoms with Gasteiger partial charge in [0.1, 0.15) is 23.7 Å². The monoisotopic (exact) mass is 561 g/mol. The van der Waals surface area contributed by atoms with E-state index in [9.17, 15) is 8.78 Å². The number of rotatable bonds is 2.